The van der Waals surface area contributed by atoms with E-state index in [1.165, 1.54) is 6.42 Å². The van der Waals surface area contributed by atoms with Gasteiger partial charge in [-0.25, -0.2) is 4.79 Å². The molecule has 21 heavy (non-hydrogen) atoms. The first-order valence-electron chi connectivity index (χ1n) is 7.69. The zero-order valence-electron chi connectivity index (χ0n) is 13.0. The Morgan fingerprint density at radius 2 is 1.95 bits per heavy atom. The van der Waals surface area contributed by atoms with Crippen molar-refractivity contribution in [3.63, 3.8) is 0 Å². The van der Waals surface area contributed by atoms with Crippen molar-refractivity contribution < 1.29 is 9.53 Å². The summed E-state index contributed by atoms with van der Waals surface area (Å²) in [5.41, 5.74) is 8.29. The maximum atomic E-state index is 11.7. The molecule has 0 bridgehead atoms. The Hall–Kier alpha value is -1.75. The second-order valence-corrected chi connectivity index (χ2v) is 5.32. The molecule has 0 aromatic heterocycles. The molecule has 0 spiro atoms. The quantitative estimate of drug-likeness (QED) is 0.664. The summed E-state index contributed by atoms with van der Waals surface area (Å²) in [6.45, 7) is 9.61. The van der Waals surface area contributed by atoms with E-state index < -0.39 is 0 Å². The van der Waals surface area contributed by atoms with Gasteiger partial charge < -0.3 is 15.4 Å². The highest BCUT2D eigenvalue weighted by Crippen LogP contribution is 2.25. The van der Waals surface area contributed by atoms with Crippen molar-refractivity contribution >= 4 is 17.3 Å². The Bertz CT molecular complexity index is 482. The fourth-order valence-corrected chi connectivity index (χ4v) is 2.71. The third-order valence-electron chi connectivity index (χ3n) is 3.79. The van der Waals surface area contributed by atoms with Gasteiger partial charge in [0.25, 0.3) is 0 Å². The topological polar surface area (TPSA) is 58.8 Å². The Morgan fingerprint density at radius 1 is 1.24 bits per heavy atom. The van der Waals surface area contributed by atoms with Gasteiger partial charge >= 0.3 is 5.97 Å². The first kappa shape index (κ1) is 15.6. The molecule has 0 atom stereocenters. The molecule has 0 saturated carbocycles. The molecule has 5 nitrogen and oxygen atoms in total. The molecule has 5 heteroatoms. The number of benzene rings is 1. The highest BCUT2D eigenvalue weighted by Gasteiger charge is 2.19. The SMILES string of the molecule is CCCN1CCN(c2ccc(C(=O)OCC)cc2N)CC1. The first-order valence-corrected chi connectivity index (χ1v) is 7.69. The summed E-state index contributed by atoms with van der Waals surface area (Å²) in [4.78, 5) is 16.5. The number of hydrogen-bond acceptors (Lipinski definition) is 5. The van der Waals surface area contributed by atoms with Crippen molar-refractivity contribution in [2.24, 2.45) is 0 Å². The van der Waals surface area contributed by atoms with Crippen LogP contribution in [0.15, 0.2) is 18.2 Å². The fourth-order valence-electron chi connectivity index (χ4n) is 2.71. The number of rotatable bonds is 5. The maximum absolute atomic E-state index is 11.7. The molecule has 0 amide bonds. The number of nitrogen functional groups attached to an aromatic ring is 1. The molecule has 0 radical (unpaired) electrons. The van der Waals surface area contributed by atoms with E-state index in [1.54, 1.807) is 19.1 Å². The molecule has 1 saturated heterocycles. The molecular weight excluding hydrogens is 266 g/mol. The minimum Gasteiger partial charge on any atom is -0.462 e. The minimum atomic E-state index is -0.316. The highest BCUT2D eigenvalue weighted by molar-refractivity contribution is 5.92. The molecule has 0 unspecified atom stereocenters. The van der Waals surface area contributed by atoms with E-state index >= 15 is 0 Å². The standard InChI is InChI=1S/C16H25N3O2/c1-3-7-18-8-10-19(11-9-18)15-6-5-13(12-14(15)17)16(20)21-4-2/h5-6,12H,3-4,7-11,17H2,1-2H3. The monoisotopic (exact) mass is 291 g/mol. The predicted molar refractivity (Wildman–Crippen MR) is 85.8 cm³/mol. The highest BCUT2D eigenvalue weighted by atomic mass is 16.5. The molecule has 1 aliphatic heterocycles. The van der Waals surface area contributed by atoms with Crippen LogP contribution in [0.2, 0.25) is 0 Å². The van der Waals surface area contributed by atoms with Gasteiger partial charge in [-0.2, -0.15) is 0 Å². The van der Waals surface area contributed by atoms with Crippen molar-refractivity contribution in [3.05, 3.63) is 23.8 Å². The van der Waals surface area contributed by atoms with E-state index in [9.17, 15) is 4.79 Å². The molecule has 1 heterocycles. The molecule has 1 aliphatic rings. The van der Waals surface area contributed by atoms with Gasteiger partial charge in [-0.15, -0.1) is 0 Å². The Balaban J connectivity index is 2.03. The smallest absolute Gasteiger partial charge is 0.338 e. The van der Waals surface area contributed by atoms with Crippen molar-refractivity contribution in [2.45, 2.75) is 20.3 Å². The van der Waals surface area contributed by atoms with Crippen molar-refractivity contribution in [3.8, 4) is 0 Å². The second kappa shape index (κ2) is 7.31. The van der Waals surface area contributed by atoms with Crippen LogP contribution >= 0.6 is 0 Å². The minimum absolute atomic E-state index is 0.316. The Morgan fingerprint density at radius 3 is 2.52 bits per heavy atom. The van der Waals surface area contributed by atoms with Gasteiger partial charge in [0.2, 0.25) is 0 Å². The Labute approximate surface area is 126 Å². The molecule has 1 aromatic rings. The lowest BCUT2D eigenvalue weighted by molar-refractivity contribution is 0.0526. The number of carbonyl (C=O) groups is 1. The van der Waals surface area contributed by atoms with E-state index in [4.69, 9.17) is 10.5 Å². The van der Waals surface area contributed by atoms with Crippen LogP contribution < -0.4 is 10.6 Å². The number of anilines is 2. The van der Waals surface area contributed by atoms with E-state index in [0.29, 0.717) is 17.9 Å². The number of nitrogens with two attached hydrogens (primary N) is 1. The summed E-state index contributed by atoms with van der Waals surface area (Å²) in [7, 11) is 0. The number of hydrogen-bond donors (Lipinski definition) is 1. The lowest BCUT2D eigenvalue weighted by Crippen LogP contribution is -2.46. The van der Waals surface area contributed by atoms with Gasteiger partial charge in [-0.1, -0.05) is 6.92 Å². The summed E-state index contributed by atoms with van der Waals surface area (Å²) in [5.74, 6) is -0.316. The van der Waals surface area contributed by atoms with Crippen LogP contribution in [0.5, 0.6) is 0 Å². The third-order valence-corrected chi connectivity index (χ3v) is 3.79. The number of carbonyl (C=O) groups excluding carboxylic acids is 1. The molecular formula is C16H25N3O2. The van der Waals surface area contributed by atoms with E-state index in [-0.39, 0.29) is 5.97 Å². The largest absolute Gasteiger partial charge is 0.462 e. The summed E-state index contributed by atoms with van der Waals surface area (Å²) in [5, 5.41) is 0. The number of piperazine rings is 1. The van der Waals surface area contributed by atoms with Crippen LogP contribution in [0.3, 0.4) is 0 Å². The van der Waals surface area contributed by atoms with Crippen LogP contribution in [-0.2, 0) is 4.74 Å². The van der Waals surface area contributed by atoms with Crippen LogP contribution in [0.25, 0.3) is 0 Å². The lowest BCUT2D eigenvalue weighted by Gasteiger charge is -2.36. The summed E-state index contributed by atoms with van der Waals surface area (Å²) < 4.78 is 4.99. The van der Waals surface area contributed by atoms with Crippen LogP contribution in [0.4, 0.5) is 11.4 Å². The summed E-state index contributed by atoms with van der Waals surface area (Å²) >= 11 is 0. The molecule has 2 rings (SSSR count). The van der Waals surface area contributed by atoms with Gasteiger partial charge in [0.05, 0.1) is 23.5 Å². The van der Waals surface area contributed by atoms with Crippen molar-refractivity contribution in [1.29, 1.82) is 0 Å². The van der Waals surface area contributed by atoms with E-state index in [0.717, 1.165) is 38.4 Å². The van der Waals surface area contributed by atoms with Crippen LogP contribution in [0, 0.1) is 0 Å². The predicted octanol–water partition coefficient (Wildman–Crippen LogP) is 1.98. The fraction of sp³-hybridized carbons (Fsp3) is 0.562. The zero-order chi connectivity index (χ0) is 15.2. The first-order chi connectivity index (χ1) is 10.2. The molecule has 1 aromatic carbocycles. The lowest BCUT2D eigenvalue weighted by atomic mass is 10.1. The Kier molecular flexibility index (Phi) is 5.44. The van der Waals surface area contributed by atoms with Crippen LogP contribution in [-0.4, -0.2) is 50.2 Å². The number of ether oxygens (including phenoxy) is 1. The average Bonchev–Trinajstić information content (AvgIpc) is 2.49. The average molecular weight is 291 g/mol. The molecule has 0 aliphatic carbocycles. The third kappa shape index (κ3) is 3.88. The molecule has 2 N–H and O–H groups in total. The normalized spacial score (nSPS) is 16.0. The van der Waals surface area contributed by atoms with Crippen molar-refractivity contribution in [1.82, 2.24) is 4.90 Å². The molecule has 1 fully saturated rings. The maximum Gasteiger partial charge on any atom is 0.338 e. The zero-order valence-corrected chi connectivity index (χ0v) is 13.0. The second-order valence-electron chi connectivity index (χ2n) is 5.32. The van der Waals surface area contributed by atoms with Gasteiger partial charge in [-0.05, 0) is 38.1 Å². The van der Waals surface area contributed by atoms with Gasteiger partial charge in [0, 0.05) is 26.2 Å². The van der Waals surface area contributed by atoms with E-state index in [2.05, 4.69) is 16.7 Å². The number of esters is 1. The number of nitrogens with zero attached hydrogens (tertiary/aromatic N) is 2. The van der Waals surface area contributed by atoms with Gasteiger partial charge in [0.1, 0.15) is 0 Å². The molecule has 116 valence electrons. The van der Waals surface area contributed by atoms with Crippen LogP contribution in [0.1, 0.15) is 30.6 Å². The van der Waals surface area contributed by atoms with Gasteiger partial charge in [-0.3, -0.25) is 4.90 Å². The summed E-state index contributed by atoms with van der Waals surface area (Å²) in [6, 6.07) is 5.44. The summed E-state index contributed by atoms with van der Waals surface area (Å²) in [6.07, 6.45) is 1.19. The van der Waals surface area contributed by atoms with Crippen molar-refractivity contribution in [2.75, 3.05) is 50.0 Å². The van der Waals surface area contributed by atoms with Gasteiger partial charge in [0.15, 0.2) is 0 Å². The van der Waals surface area contributed by atoms with E-state index in [1.807, 2.05) is 6.07 Å².